The molecule has 4 rings (SSSR count). The Morgan fingerprint density at radius 2 is 1.97 bits per heavy atom. The molecule has 0 bridgehead atoms. The Labute approximate surface area is 178 Å². The highest BCUT2D eigenvalue weighted by molar-refractivity contribution is 6.30. The van der Waals surface area contributed by atoms with E-state index in [0.29, 0.717) is 24.5 Å². The van der Waals surface area contributed by atoms with Crippen molar-refractivity contribution < 1.29 is 23.4 Å². The molecular formula is C23H21ClFNO4. The molecule has 2 heterocycles. The molecule has 2 aromatic carbocycles. The maximum Gasteiger partial charge on any atom is 0.202 e. The number of carbonyl (C=O) groups is 1. The third-order valence-corrected chi connectivity index (χ3v) is 5.38. The number of aromatic nitrogens is 1. The Bertz CT molecular complexity index is 1090. The van der Waals surface area contributed by atoms with Gasteiger partial charge in [0, 0.05) is 23.0 Å². The number of rotatable bonds is 6. The first-order valence-corrected chi connectivity index (χ1v) is 9.96. The average Bonchev–Trinajstić information content (AvgIpc) is 3.02. The summed E-state index contributed by atoms with van der Waals surface area (Å²) in [5, 5.41) is -0.0469. The van der Waals surface area contributed by atoms with Gasteiger partial charge in [-0.15, -0.1) is 0 Å². The molecular weight excluding hydrogens is 409 g/mol. The molecule has 0 spiro atoms. The van der Waals surface area contributed by atoms with Gasteiger partial charge in [-0.05, 0) is 44.2 Å². The second kappa shape index (κ2) is 8.40. The van der Waals surface area contributed by atoms with Crippen molar-refractivity contribution in [2.24, 2.45) is 0 Å². The van der Waals surface area contributed by atoms with E-state index in [-0.39, 0.29) is 23.5 Å². The number of hydrogen-bond acceptors (Lipinski definition) is 4. The largest absolute Gasteiger partial charge is 0.486 e. The number of hydrogen-bond donors (Lipinski definition) is 0. The van der Waals surface area contributed by atoms with Crippen molar-refractivity contribution >= 4 is 17.4 Å². The van der Waals surface area contributed by atoms with Gasteiger partial charge in [-0.25, -0.2) is 4.39 Å². The Morgan fingerprint density at radius 3 is 2.73 bits per heavy atom. The van der Waals surface area contributed by atoms with Crippen LogP contribution in [0.15, 0.2) is 48.5 Å². The van der Waals surface area contributed by atoms with Crippen LogP contribution in [0.3, 0.4) is 0 Å². The summed E-state index contributed by atoms with van der Waals surface area (Å²) in [6.45, 7) is 4.68. The summed E-state index contributed by atoms with van der Waals surface area (Å²) in [6, 6.07) is 13.4. The van der Waals surface area contributed by atoms with Gasteiger partial charge in [0.2, 0.25) is 5.78 Å². The van der Waals surface area contributed by atoms with Gasteiger partial charge in [0.05, 0.1) is 11.6 Å². The molecule has 1 aliphatic rings. The summed E-state index contributed by atoms with van der Waals surface area (Å²) in [4.78, 5) is 12.7. The fraction of sp³-hybridized carbons (Fsp3) is 0.261. The second-order valence-corrected chi connectivity index (χ2v) is 7.59. The van der Waals surface area contributed by atoms with Gasteiger partial charge >= 0.3 is 0 Å². The molecule has 0 saturated carbocycles. The number of fused-ring (bicyclic) bond motifs is 1. The molecule has 0 amide bonds. The van der Waals surface area contributed by atoms with E-state index in [1.807, 2.05) is 48.7 Å². The number of Topliss-reactive ketones (excluding diaryl/α,β-unsaturated/α-hetero) is 1. The lowest BCUT2D eigenvalue weighted by atomic mass is 10.1. The van der Waals surface area contributed by atoms with E-state index >= 15 is 0 Å². The molecule has 0 aliphatic carbocycles. The number of halogens is 2. The van der Waals surface area contributed by atoms with E-state index in [1.54, 1.807) is 0 Å². The smallest absolute Gasteiger partial charge is 0.202 e. The Kier molecular flexibility index (Phi) is 5.68. The molecule has 5 nitrogen and oxygen atoms in total. The van der Waals surface area contributed by atoms with Crippen LogP contribution in [0.25, 0.3) is 0 Å². The first-order valence-electron chi connectivity index (χ1n) is 9.58. The summed E-state index contributed by atoms with van der Waals surface area (Å²) in [6.07, 6.45) is -0.162. The minimum Gasteiger partial charge on any atom is -0.486 e. The van der Waals surface area contributed by atoms with Crippen molar-refractivity contribution in [2.75, 3.05) is 13.2 Å². The highest BCUT2D eigenvalue weighted by Crippen LogP contribution is 2.31. The fourth-order valence-corrected chi connectivity index (χ4v) is 3.68. The summed E-state index contributed by atoms with van der Waals surface area (Å²) in [5.74, 6) is 1.11. The number of benzene rings is 2. The maximum absolute atomic E-state index is 13.3. The van der Waals surface area contributed by atoms with Crippen molar-refractivity contribution in [3.8, 4) is 17.2 Å². The average molecular weight is 430 g/mol. The van der Waals surface area contributed by atoms with Gasteiger partial charge in [0.25, 0.3) is 0 Å². The minimum absolute atomic E-state index is 0.0469. The lowest BCUT2D eigenvalue weighted by Crippen LogP contribution is -2.33. The van der Waals surface area contributed by atoms with Crippen LogP contribution < -0.4 is 14.2 Å². The number of carbonyl (C=O) groups excluding carboxylic acids is 1. The minimum atomic E-state index is -0.532. The molecule has 1 atom stereocenters. The Hall–Kier alpha value is -2.99. The van der Waals surface area contributed by atoms with Crippen LogP contribution in [-0.4, -0.2) is 29.7 Å². The maximum atomic E-state index is 13.3. The molecule has 3 aromatic rings. The summed E-state index contributed by atoms with van der Waals surface area (Å²) >= 11 is 5.75. The van der Waals surface area contributed by atoms with Crippen LogP contribution in [0, 0.1) is 19.7 Å². The van der Waals surface area contributed by atoms with Crippen LogP contribution in [0.5, 0.6) is 17.2 Å². The van der Waals surface area contributed by atoms with E-state index in [0.717, 1.165) is 22.9 Å². The zero-order valence-corrected chi connectivity index (χ0v) is 17.4. The van der Waals surface area contributed by atoms with Gasteiger partial charge in [0.1, 0.15) is 18.2 Å². The quantitative estimate of drug-likeness (QED) is 0.517. The van der Waals surface area contributed by atoms with Crippen molar-refractivity contribution in [3.63, 3.8) is 0 Å². The van der Waals surface area contributed by atoms with E-state index in [2.05, 4.69) is 0 Å². The molecule has 1 unspecified atom stereocenters. The fourth-order valence-electron chi connectivity index (χ4n) is 3.51. The van der Waals surface area contributed by atoms with Crippen LogP contribution in [-0.2, 0) is 6.54 Å². The molecule has 0 fully saturated rings. The SMILES string of the molecule is Cc1cc(C(=O)COc2ccc(F)c(Cl)c2)c(C)n1CC1COc2ccccc2O1. The van der Waals surface area contributed by atoms with Crippen molar-refractivity contribution in [3.05, 3.63) is 76.3 Å². The monoisotopic (exact) mass is 429 g/mol. The van der Waals surface area contributed by atoms with Crippen LogP contribution in [0.2, 0.25) is 5.02 Å². The van der Waals surface area contributed by atoms with Crippen molar-refractivity contribution in [1.82, 2.24) is 4.57 Å². The van der Waals surface area contributed by atoms with E-state index in [9.17, 15) is 9.18 Å². The normalized spacial score (nSPS) is 15.1. The van der Waals surface area contributed by atoms with E-state index in [4.69, 9.17) is 25.8 Å². The van der Waals surface area contributed by atoms with E-state index < -0.39 is 5.82 Å². The third kappa shape index (κ3) is 4.14. The van der Waals surface area contributed by atoms with Crippen LogP contribution in [0.1, 0.15) is 21.7 Å². The molecule has 7 heteroatoms. The van der Waals surface area contributed by atoms with Crippen molar-refractivity contribution in [2.45, 2.75) is 26.5 Å². The van der Waals surface area contributed by atoms with Gasteiger partial charge in [-0.3, -0.25) is 4.79 Å². The van der Waals surface area contributed by atoms with Gasteiger partial charge < -0.3 is 18.8 Å². The standard InChI is InChI=1S/C23H21ClFNO4/c1-14-9-18(21(27)13-28-16-7-8-20(25)19(24)10-16)15(2)26(14)11-17-12-29-22-5-3-4-6-23(22)30-17/h3-10,17H,11-13H2,1-2H3. The van der Waals surface area contributed by atoms with Crippen molar-refractivity contribution in [1.29, 1.82) is 0 Å². The zero-order valence-electron chi connectivity index (χ0n) is 16.7. The first kappa shape index (κ1) is 20.3. The van der Waals surface area contributed by atoms with Crippen LogP contribution in [0.4, 0.5) is 4.39 Å². The number of ether oxygens (including phenoxy) is 3. The van der Waals surface area contributed by atoms with Gasteiger partial charge in [0.15, 0.2) is 24.2 Å². The zero-order chi connectivity index (χ0) is 21.3. The Balaban J connectivity index is 1.44. The molecule has 0 saturated heterocycles. The highest BCUT2D eigenvalue weighted by atomic mass is 35.5. The lowest BCUT2D eigenvalue weighted by molar-refractivity contribution is 0.0777. The first-order chi connectivity index (χ1) is 14.4. The molecule has 0 N–H and O–H groups in total. The lowest BCUT2D eigenvalue weighted by Gasteiger charge is -2.27. The summed E-state index contributed by atoms with van der Waals surface area (Å²) in [7, 11) is 0. The second-order valence-electron chi connectivity index (χ2n) is 7.18. The highest BCUT2D eigenvalue weighted by Gasteiger charge is 2.24. The van der Waals surface area contributed by atoms with Crippen LogP contribution >= 0.6 is 11.6 Å². The predicted octanol–water partition coefficient (Wildman–Crippen LogP) is 5.00. The number of ketones is 1. The molecule has 0 radical (unpaired) electrons. The summed E-state index contributed by atoms with van der Waals surface area (Å²) < 4.78 is 32.6. The number of para-hydroxylation sites is 2. The third-order valence-electron chi connectivity index (χ3n) is 5.09. The summed E-state index contributed by atoms with van der Waals surface area (Å²) in [5.41, 5.74) is 2.36. The van der Waals surface area contributed by atoms with E-state index in [1.165, 1.54) is 18.2 Å². The van der Waals surface area contributed by atoms with Gasteiger partial charge in [-0.2, -0.15) is 0 Å². The number of aryl methyl sites for hydroxylation is 1. The Morgan fingerprint density at radius 1 is 1.20 bits per heavy atom. The predicted molar refractivity (Wildman–Crippen MR) is 111 cm³/mol. The number of nitrogens with zero attached hydrogens (tertiary/aromatic N) is 1. The molecule has 1 aliphatic heterocycles. The topological polar surface area (TPSA) is 49.7 Å². The molecule has 1 aromatic heterocycles. The molecule has 30 heavy (non-hydrogen) atoms. The molecule has 156 valence electrons. The van der Waals surface area contributed by atoms with Gasteiger partial charge in [-0.1, -0.05) is 23.7 Å².